The van der Waals surface area contributed by atoms with Crippen LogP contribution in [0.2, 0.25) is 0 Å². The fraction of sp³-hybridized carbons (Fsp3) is 0.211. The van der Waals surface area contributed by atoms with Crippen LogP contribution in [-0.2, 0) is 10.0 Å². The summed E-state index contributed by atoms with van der Waals surface area (Å²) in [4.78, 5) is 41.1. The topological polar surface area (TPSA) is 135 Å². The molecule has 0 radical (unpaired) electrons. The molecule has 0 spiro atoms. The molecule has 11 nitrogen and oxygen atoms in total. The molecule has 0 saturated carbocycles. The number of carbonyl (C=O) groups is 1. The molecule has 0 atom stereocenters. The summed E-state index contributed by atoms with van der Waals surface area (Å²) in [5.41, 5.74) is -0.503. The maximum absolute atomic E-state index is 12.8. The van der Waals surface area contributed by atoms with Crippen molar-refractivity contribution < 1.29 is 18.1 Å². The summed E-state index contributed by atoms with van der Waals surface area (Å²) in [5, 5.41) is 10.9. The van der Waals surface area contributed by atoms with Crippen LogP contribution in [0.5, 0.6) is 0 Å². The maximum atomic E-state index is 12.8. The molecule has 0 unspecified atom stereocenters. The van der Waals surface area contributed by atoms with Crippen molar-refractivity contribution in [1.82, 2.24) is 18.6 Å². The van der Waals surface area contributed by atoms with Crippen molar-refractivity contribution >= 4 is 27.3 Å². The van der Waals surface area contributed by atoms with Crippen molar-refractivity contribution in [1.29, 1.82) is 0 Å². The van der Waals surface area contributed by atoms with Gasteiger partial charge in [0, 0.05) is 50.7 Å². The Bertz CT molecular complexity index is 1350. The molecule has 0 N–H and O–H groups in total. The molecular weight excluding hydrogens is 426 g/mol. The van der Waals surface area contributed by atoms with Crippen LogP contribution in [0.4, 0.5) is 5.69 Å². The van der Waals surface area contributed by atoms with Crippen molar-refractivity contribution in [3.63, 3.8) is 0 Å². The van der Waals surface area contributed by atoms with Gasteiger partial charge in [-0.05, 0) is 18.2 Å². The lowest BCUT2D eigenvalue weighted by atomic mass is 10.2. The van der Waals surface area contributed by atoms with E-state index >= 15 is 0 Å². The number of amides is 1. The number of pyridine rings is 1. The quantitative estimate of drug-likeness (QED) is 0.429. The number of nitro groups is 1. The van der Waals surface area contributed by atoms with Gasteiger partial charge in [0.2, 0.25) is 10.0 Å². The molecule has 1 aromatic carbocycles. The molecule has 0 aliphatic carbocycles. The van der Waals surface area contributed by atoms with Gasteiger partial charge in [-0.3, -0.25) is 24.1 Å². The van der Waals surface area contributed by atoms with Crippen molar-refractivity contribution in [2.45, 2.75) is 4.90 Å². The first-order valence-corrected chi connectivity index (χ1v) is 10.7. The first-order valence-electron chi connectivity index (χ1n) is 9.29. The number of rotatable bonds is 4. The Hall–Kier alpha value is -3.64. The Kier molecular flexibility index (Phi) is 5.25. The number of sulfonamides is 1. The maximum Gasteiger partial charge on any atom is 0.270 e. The minimum absolute atomic E-state index is 0.000885. The first kappa shape index (κ1) is 20.6. The van der Waals surface area contributed by atoms with Gasteiger partial charge in [0.1, 0.15) is 11.2 Å². The molecule has 1 aliphatic rings. The fourth-order valence-corrected chi connectivity index (χ4v) is 4.84. The average Bonchev–Trinajstić information content (AvgIpc) is 2.79. The van der Waals surface area contributed by atoms with Gasteiger partial charge in [-0.2, -0.15) is 4.31 Å². The fourth-order valence-electron chi connectivity index (χ4n) is 3.38. The van der Waals surface area contributed by atoms with E-state index in [2.05, 4.69) is 4.98 Å². The van der Waals surface area contributed by atoms with E-state index < -0.39 is 26.4 Å². The third kappa shape index (κ3) is 3.78. The zero-order valence-corrected chi connectivity index (χ0v) is 16.9. The van der Waals surface area contributed by atoms with Gasteiger partial charge < -0.3 is 4.90 Å². The van der Waals surface area contributed by atoms with Crippen molar-refractivity contribution in [3.8, 4) is 0 Å². The van der Waals surface area contributed by atoms with Gasteiger partial charge in [-0.1, -0.05) is 12.1 Å². The summed E-state index contributed by atoms with van der Waals surface area (Å²) in [5.74, 6) is -0.525. The number of fused-ring (bicyclic) bond motifs is 1. The summed E-state index contributed by atoms with van der Waals surface area (Å²) in [6.07, 6.45) is 2.75. The first-order chi connectivity index (χ1) is 14.8. The average molecular weight is 443 g/mol. The Morgan fingerprint density at radius 2 is 1.81 bits per heavy atom. The summed E-state index contributed by atoms with van der Waals surface area (Å²) >= 11 is 0. The number of piperazine rings is 1. The Morgan fingerprint density at radius 3 is 2.52 bits per heavy atom. The minimum Gasteiger partial charge on any atom is -0.336 e. The molecule has 3 aromatic rings. The highest BCUT2D eigenvalue weighted by molar-refractivity contribution is 7.89. The molecule has 1 aliphatic heterocycles. The molecule has 0 bridgehead atoms. The number of aromatic nitrogens is 2. The van der Waals surface area contributed by atoms with E-state index in [9.17, 15) is 28.1 Å². The van der Waals surface area contributed by atoms with Gasteiger partial charge in [0.25, 0.3) is 17.2 Å². The molecule has 160 valence electrons. The molecule has 31 heavy (non-hydrogen) atoms. The summed E-state index contributed by atoms with van der Waals surface area (Å²) in [7, 11) is -3.96. The highest BCUT2D eigenvalue weighted by Crippen LogP contribution is 2.22. The van der Waals surface area contributed by atoms with Crippen LogP contribution in [0.15, 0.2) is 64.5 Å². The number of nitrogens with zero attached hydrogens (tertiary/aromatic N) is 5. The van der Waals surface area contributed by atoms with E-state index in [-0.39, 0.29) is 42.3 Å². The van der Waals surface area contributed by atoms with Crippen LogP contribution < -0.4 is 5.56 Å². The number of carbonyl (C=O) groups excluding carboxylic acids is 1. The Balaban J connectivity index is 1.52. The lowest BCUT2D eigenvalue weighted by Crippen LogP contribution is -2.51. The third-order valence-corrected chi connectivity index (χ3v) is 6.93. The molecule has 4 rings (SSSR count). The Labute approximate surface area is 176 Å². The normalized spacial score (nSPS) is 15.2. The standard InChI is InChI=1S/C19H17N5O6S/c25-18(16-13-20-17-6-1-2-7-23(17)19(16)26)21-8-10-22(11-9-21)31(29,30)15-5-3-4-14(12-15)24(27)28/h1-7,12-13H,8-11H2. The predicted octanol–water partition coefficient (Wildman–Crippen LogP) is 0.749. The zero-order chi connectivity index (χ0) is 22.2. The minimum atomic E-state index is -3.96. The second kappa shape index (κ2) is 7.89. The molecule has 3 heterocycles. The highest BCUT2D eigenvalue weighted by atomic mass is 32.2. The number of nitro benzene ring substituents is 1. The molecule has 1 amide bonds. The van der Waals surface area contributed by atoms with E-state index in [1.165, 1.54) is 44.2 Å². The molecule has 12 heteroatoms. The van der Waals surface area contributed by atoms with Crippen LogP contribution in [0, 0.1) is 10.1 Å². The monoisotopic (exact) mass is 443 g/mol. The number of hydrogen-bond acceptors (Lipinski definition) is 7. The molecule has 2 aromatic heterocycles. The van der Waals surface area contributed by atoms with Gasteiger partial charge in [-0.15, -0.1) is 0 Å². The molecular formula is C19H17N5O6S. The predicted molar refractivity (Wildman–Crippen MR) is 109 cm³/mol. The number of non-ortho nitro benzene ring substituents is 1. The lowest BCUT2D eigenvalue weighted by Gasteiger charge is -2.33. The van der Waals surface area contributed by atoms with E-state index in [0.29, 0.717) is 5.65 Å². The SMILES string of the molecule is O=C(c1cnc2ccccn2c1=O)N1CCN(S(=O)(=O)c2cccc([N+](=O)[O-])c2)CC1. The van der Waals surface area contributed by atoms with Gasteiger partial charge in [0.15, 0.2) is 0 Å². The van der Waals surface area contributed by atoms with Crippen LogP contribution in [-0.4, -0.2) is 64.0 Å². The highest BCUT2D eigenvalue weighted by Gasteiger charge is 2.32. The summed E-state index contributed by atoms with van der Waals surface area (Å²) < 4.78 is 28.1. The Morgan fingerprint density at radius 1 is 1.06 bits per heavy atom. The van der Waals surface area contributed by atoms with Crippen molar-refractivity contribution in [2.75, 3.05) is 26.2 Å². The summed E-state index contributed by atoms with van der Waals surface area (Å²) in [6.45, 7) is 0.145. The van der Waals surface area contributed by atoms with Gasteiger partial charge in [-0.25, -0.2) is 13.4 Å². The zero-order valence-electron chi connectivity index (χ0n) is 16.1. The van der Waals surface area contributed by atoms with E-state index in [1.54, 1.807) is 18.2 Å². The van der Waals surface area contributed by atoms with Crippen molar-refractivity contribution in [2.24, 2.45) is 0 Å². The van der Waals surface area contributed by atoms with Crippen LogP contribution in [0.1, 0.15) is 10.4 Å². The van der Waals surface area contributed by atoms with Crippen LogP contribution >= 0.6 is 0 Å². The lowest BCUT2D eigenvalue weighted by molar-refractivity contribution is -0.385. The third-order valence-electron chi connectivity index (χ3n) is 5.04. The van der Waals surface area contributed by atoms with E-state index in [1.807, 2.05) is 0 Å². The molecule has 1 saturated heterocycles. The van der Waals surface area contributed by atoms with Crippen LogP contribution in [0.25, 0.3) is 5.65 Å². The smallest absolute Gasteiger partial charge is 0.270 e. The summed E-state index contributed by atoms with van der Waals surface area (Å²) in [6, 6.07) is 9.85. The second-order valence-corrected chi connectivity index (χ2v) is 8.79. The van der Waals surface area contributed by atoms with Gasteiger partial charge in [0.05, 0.1) is 9.82 Å². The van der Waals surface area contributed by atoms with E-state index in [0.717, 1.165) is 6.07 Å². The largest absolute Gasteiger partial charge is 0.336 e. The van der Waals surface area contributed by atoms with Crippen molar-refractivity contribution in [3.05, 3.63) is 80.9 Å². The number of hydrogen-bond donors (Lipinski definition) is 0. The van der Waals surface area contributed by atoms with E-state index in [4.69, 9.17) is 0 Å². The van der Waals surface area contributed by atoms with Gasteiger partial charge >= 0.3 is 0 Å². The number of benzene rings is 1. The molecule has 1 fully saturated rings. The van der Waals surface area contributed by atoms with Crippen LogP contribution in [0.3, 0.4) is 0 Å². The second-order valence-electron chi connectivity index (χ2n) is 6.86.